The Morgan fingerprint density at radius 2 is 2.05 bits per heavy atom. The van der Waals surface area contributed by atoms with Crippen molar-refractivity contribution in [1.82, 2.24) is 15.5 Å². The fourth-order valence-corrected chi connectivity index (χ4v) is 1.83. The first-order chi connectivity index (χ1) is 9.22. The molecule has 0 fully saturated rings. The minimum atomic E-state index is 0.0853. The number of hydrogen-bond acceptors (Lipinski definition) is 5. The maximum absolute atomic E-state index is 5.25. The first kappa shape index (κ1) is 13.5. The van der Waals surface area contributed by atoms with E-state index in [0.29, 0.717) is 18.1 Å². The molecule has 1 heterocycles. The fraction of sp³-hybridized carbons (Fsp3) is 0.429. The Kier molecular flexibility index (Phi) is 4.52. The number of hydrogen-bond donors (Lipinski definition) is 1. The molecule has 19 heavy (non-hydrogen) atoms. The molecule has 0 radical (unpaired) electrons. The van der Waals surface area contributed by atoms with Crippen molar-refractivity contribution < 1.29 is 9.26 Å². The number of nitrogens with zero attached hydrogens (tertiary/aromatic N) is 2. The summed E-state index contributed by atoms with van der Waals surface area (Å²) in [7, 11) is 1.66. The molecular formula is C14H19N3O2. The Bertz CT molecular complexity index is 508. The van der Waals surface area contributed by atoms with Crippen LogP contribution in [0.15, 0.2) is 28.8 Å². The standard InChI is InChI=1S/C14H19N3O2/c1-4-15-10(2)14-16-13(17-19-14)9-11-5-7-12(18-3)8-6-11/h5-8,10,15H,4,9H2,1-3H3. The molecule has 1 unspecified atom stereocenters. The topological polar surface area (TPSA) is 60.2 Å². The van der Waals surface area contributed by atoms with Gasteiger partial charge >= 0.3 is 0 Å². The predicted molar refractivity (Wildman–Crippen MR) is 72.2 cm³/mol. The molecule has 5 nitrogen and oxygen atoms in total. The van der Waals surface area contributed by atoms with Crippen LogP contribution < -0.4 is 10.1 Å². The van der Waals surface area contributed by atoms with Gasteiger partial charge in [-0.3, -0.25) is 0 Å². The van der Waals surface area contributed by atoms with Crippen LogP contribution in [0.5, 0.6) is 5.75 Å². The average Bonchev–Trinajstić information content (AvgIpc) is 2.88. The van der Waals surface area contributed by atoms with Crippen molar-refractivity contribution in [3.05, 3.63) is 41.5 Å². The summed E-state index contributed by atoms with van der Waals surface area (Å²) < 4.78 is 10.4. The fourth-order valence-electron chi connectivity index (χ4n) is 1.83. The van der Waals surface area contributed by atoms with Crippen LogP contribution in [-0.4, -0.2) is 23.8 Å². The third kappa shape index (κ3) is 3.54. The van der Waals surface area contributed by atoms with E-state index in [1.54, 1.807) is 7.11 Å². The molecule has 0 bridgehead atoms. The highest BCUT2D eigenvalue weighted by Gasteiger charge is 2.13. The lowest BCUT2D eigenvalue weighted by atomic mass is 10.1. The SMILES string of the molecule is CCNC(C)c1nc(Cc2ccc(OC)cc2)no1. The highest BCUT2D eigenvalue weighted by molar-refractivity contribution is 5.28. The second-order valence-electron chi connectivity index (χ2n) is 4.35. The predicted octanol–water partition coefficient (Wildman–Crippen LogP) is 2.34. The van der Waals surface area contributed by atoms with Crippen molar-refractivity contribution in [3.63, 3.8) is 0 Å². The molecule has 1 aromatic heterocycles. The van der Waals surface area contributed by atoms with E-state index in [4.69, 9.17) is 9.26 Å². The van der Waals surface area contributed by atoms with Gasteiger partial charge in [-0.15, -0.1) is 0 Å². The monoisotopic (exact) mass is 261 g/mol. The summed E-state index contributed by atoms with van der Waals surface area (Å²) in [5.41, 5.74) is 1.13. The van der Waals surface area contributed by atoms with Crippen LogP contribution in [0.3, 0.4) is 0 Å². The van der Waals surface area contributed by atoms with Gasteiger partial charge in [0.1, 0.15) is 5.75 Å². The van der Waals surface area contributed by atoms with Gasteiger partial charge in [0.2, 0.25) is 5.89 Å². The van der Waals surface area contributed by atoms with Gasteiger partial charge in [0.25, 0.3) is 0 Å². The molecular weight excluding hydrogens is 242 g/mol. The van der Waals surface area contributed by atoms with E-state index >= 15 is 0 Å². The van der Waals surface area contributed by atoms with Gasteiger partial charge in [-0.05, 0) is 31.2 Å². The zero-order valence-electron chi connectivity index (χ0n) is 11.5. The zero-order valence-corrected chi connectivity index (χ0v) is 11.5. The second-order valence-corrected chi connectivity index (χ2v) is 4.35. The largest absolute Gasteiger partial charge is 0.497 e. The third-order valence-electron chi connectivity index (χ3n) is 2.89. The lowest BCUT2D eigenvalue weighted by Gasteiger charge is -2.05. The van der Waals surface area contributed by atoms with Crippen LogP contribution in [0, 0.1) is 0 Å². The lowest BCUT2D eigenvalue weighted by molar-refractivity contribution is 0.339. The van der Waals surface area contributed by atoms with Crippen LogP contribution in [0.4, 0.5) is 0 Å². The number of aromatic nitrogens is 2. The molecule has 2 aromatic rings. The van der Waals surface area contributed by atoms with Crippen molar-refractivity contribution in [3.8, 4) is 5.75 Å². The Balaban J connectivity index is 2.02. The second kappa shape index (κ2) is 6.33. The molecule has 1 N–H and O–H groups in total. The highest BCUT2D eigenvalue weighted by atomic mass is 16.5. The van der Waals surface area contributed by atoms with Crippen molar-refractivity contribution in [1.29, 1.82) is 0 Å². The first-order valence-corrected chi connectivity index (χ1v) is 6.41. The van der Waals surface area contributed by atoms with Crippen molar-refractivity contribution in [2.24, 2.45) is 0 Å². The van der Waals surface area contributed by atoms with E-state index in [0.717, 1.165) is 17.9 Å². The molecule has 0 aliphatic rings. The third-order valence-corrected chi connectivity index (χ3v) is 2.89. The molecule has 0 spiro atoms. The van der Waals surface area contributed by atoms with E-state index in [2.05, 4.69) is 15.5 Å². The normalized spacial score (nSPS) is 12.4. The quantitative estimate of drug-likeness (QED) is 0.864. The lowest BCUT2D eigenvalue weighted by Crippen LogP contribution is -2.17. The molecule has 0 aliphatic heterocycles. The van der Waals surface area contributed by atoms with E-state index in [1.165, 1.54) is 0 Å². The average molecular weight is 261 g/mol. The van der Waals surface area contributed by atoms with Crippen LogP contribution >= 0.6 is 0 Å². The molecule has 1 atom stereocenters. The van der Waals surface area contributed by atoms with Crippen LogP contribution in [0.2, 0.25) is 0 Å². The molecule has 1 aromatic carbocycles. The van der Waals surface area contributed by atoms with Gasteiger partial charge in [-0.25, -0.2) is 0 Å². The summed E-state index contributed by atoms with van der Waals surface area (Å²) in [4.78, 5) is 4.40. The van der Waals surface area contributed by atoms with E-state index in [1.807, 2.05) is 38.1 Å². The summed E-state index contributed by atoms with van der Waals surface area (Å²) in [5, 5.41) is 7.24. The Labute approximate surface area is 113 Å². The maximum Gasteiger partial charge on any atom is 0.243 e. The van der Waals surface area contributed by atoms with Crippen LogP contribution in [0.25, 0.3) is 0 Å². The van der Waals surface area contributed by atoms with Gasteiger partial charge in [0.15, 0.2) is 5.82 Å². The first-order valence-electron chi connectivity index (χ1n) is 6.41. The van der Waals surface area contributed by atoms with Crippen LogP contribution in [0.1, 0.15) is 37.2 Å². The summed E-state index contributed by atoms with van der Waals surface area (Å²) >= 11 is 0. The zero-order chi connectivity index (χ0) is 13.7. The summed E-state index contributed by atoms with van der Waals surface area (Å²) in [6.07, 6.45) is 0.659. The Morgan fingerprint density at radius 3 is 2.68 bits per heavy atom. The summed E-state index contributed by atoms with van der Waals surface area (Å²) in [5.74, 6) is 2.17. The van der Waals surface area contributed by atoms with E-state index in [9.17, 15) is 0 Å². The maximum atomic E-state index is 5.25. The van der Waals surface area contributed by atoms with Gasteiger partial charge in [-0.2, -0.15) is 4.98 Å². The molecule has 0 saturated carbocycles. The van der Waals surface area contributed by atoms with Crippen molar-refractivity contribution in [2.45, 2.75) is 26.3 Å². The summed E-state index contributed by atoms with van der Waals surface area (Å²) in [6.45, 7) is 4.93. The van der Waals surface area contributed by atoms with E-state index < -0.39 is 0 Å². The number of nitrogens with one attached hydrogen (secondary N) is 1. The van der Waals surface area contributed by atoms with Crippen LogP contribution in [-0.2, 0) is 6.42 Å². The molecule has 102 valence electrons. The minimum absolute atomic E-state index is 0.0853. The number of rotatable bonds is 6. The minimum Gasteiger partial charge on any atom is -0.497 e. The molecule has 5 heteroatoms. The van der Waals surface area contributed by atoms with E-state index in [-0.39, 0.29) is 6.04 Å². The number of methoxy groups -OCH3 is 1. The number of ether oxygens (including phenoxy) is 1. The van der Waals surface area contributed by atoms with Gasteiger partial charge < -0.3 is 14.6 Å². The molecule has 0 amide bonds. The van der Waals surface area contributed by atoms with Gasteiger partial charge in [0.05, 0.1) is 13.2 Å². The highest BCUT2D eigenvalue weighted by Crippen LogP contribution is 2.15. The Morgan fingerprint density at radius 1 is 1.32 bits per heavy atom. The van der Waals surface area contributed by atoms with Crippen molar-refractivity contribution in [2.75, 3.05) is 13.7 Å². The van der Waals surface area contributed by atoms with Crippen molar-refractivity contribution >= 4 is 0 Å². The number of benzene rings is 1. The van der Waals surface area contributed by atoms with Gasteiger partial charge in [-0.1, -0.05) is 24.2 Å². The summed E-state index contributed by atoms with van der Waals surface area (Å²) in [6, 6.07) is 7.95. The molecule has 2 rings (SSSR count). The molecule has 0 saturated heterocycles. The smallest absolute Gasteiger partial charge is 0.243 e. The molecule has 0 aliphatic carbocycles. The van der Waals surface area contributed by atoms with Gasteiger partial charge in [0, 0.05) is 6.42 Å². The Hall–Kier alpha value is -1.88.